The van der Waals surface area contributed by atoms with Gasteiger partial charge in [0.15, 0.2) is 0 Å². The molecule has 0 heterocycles. The van der Waals surface area contributed by atoms with Crippen molar-refractivity contribution in [2.24, 2.45) is 23.7 Å². The average molecular weight is 429 g/mol. The summed E-state index contributed by atoms with van der Waals surface area (Å²) in [5.74, 6) is 3.65. The van der Waals surface area contributed by atoms with Crippen molar-refractivity contribution in [3.8, 4) is 0 Å². The predicted octanol–water partition coefficient (Wildman–Crippen LogP) is -0.261. The second-order valence-corrected chi connectivity index (χ2v) is 12.0. The molecule has 0 N–H and O–H groups in total. The van der Waals surface area contributed by atoms with Crippen molar-refractivity contribution in [1.82, 2.24) is 0 Å². The fourth-order valence-corrected chi connectivity index (χ4v) is 11.0. The van der Waals surface area contributed by atoms with Crippen LogP contribution in [0.1, 0.15) is 39.5 Å². The van der Waals surface area contributed by atoms with Crippen molar-refractivity contribution in [2.45, 2.75) is 46.8 Å². The first-order valence-corrected chi connectivity index (χ1v) is 11.5. The standard InChI is InChI=1S/2C10H13.2ClH.Zr/c2*1-8-4-2-5-9-6-3-7-10(8)9;;;/h2*2,4-6,9-10H,3,7H2,1H3;2*1H;/q;;;;+2/p-2. The molecule has 6 atom stereocenters. The Kier molecular flexibility index (Phi) is 7.04. The zero-order valence-electron chi connectivity index (χ0n) is 14.0. The maximum Gasteiger partial charge on any atom is -1.00 e. The van der Waals surface area contributed by atoms with Crippen molar-refractivity contribution in [3.63, 3.8) is 0 Å². The van der Waals surface area contributed by atoms with Crippen molar-refractivity contribution < 1.29 is 48.0 Å². The van der Waals surface area contributed by atoms with Crippen LogP contribution in [-0.4, -0.2) is 0 Å². The summed E-state index contributed by atoms with van der Waals surface area (Å²) >= 11 is -0.292. The van der Waals surface area contributed by atoms with Crippen molar-refractivity contribution in [2.75, 3.05) is 0 Å². The minimum absolute atomic E-state index is 0. The van der Waals surface area contributed by atoms with Gasteiger partial charge in [0.05, 0.1) is 0 Å². The smallest absolute Gasteiger partial charge is 1.00 e. The van der Waals surface area contributed by atoms with Crippen LogP contribution >= 0.6 is 0 Å². The van der Waals surface area contributed by atoms with E-state index in [1.165, 1.54) is 25.7 Å². The Labute approximate surface area is 165 Å². The SMILES string of the molecule is CC1=CC=CC2[CH]([Zr+2][CH]3CCC4C(C)=CC=CC34)CCC12.[Cl-].[Cl-]. The van der Waals surface area contributed by atoms with Gasteiger partial charge < -0.3 is 24.8 Å². The maximum atomic E-state index is 2.56. The fraction of sp³-hybridized carbons (Fsp3) is 0.600. The number of halogens is 2. The van der Waals surface area contributed by atoms with Gasteiger partial charge in [-0.1, -0.05) is 0 Å². The summed E-state index contributed by atoms with van der Waals surface area (Å²) < 4.78 is 2.23. The molecule has 0 aliphatic heterocycles. The number of hydrogen-bond acceptors (Lipinski definition) is 0. The van der Waals surface area contributed by atoms with Gasteiger partial charge >= 0.3 is 141 Å². The summed E-state index contributed by atoms with van der Waals surface area (Å²) in [4.78, 5) is 0. The maximum absolute atomic E-state index is 2.56. The van der Waals surface area contributed by atoms with Gasteiger partial charge in [0.2, 0.25) is 0 Å². The van der Waals surface area contributed by atoms with E-state index in [4.69, 9.17) is 0 Å². The summed E-state index contributed by atoms with van der Waals surface area (Å²) in [6.45, 7) is 4.72. The van der Waals surface area contributed by atoms with E-state index < -0.39 is 0 Å². The van der Waals surface area contributed by atoms with Gasteiger partial charge in [0.1, 0.15) is 0 Å². The summed E-state index contributed by atoms with van der Waals surface area (Å²) in [5, 5.41) is 0. The van der Waals surface area contributed by atoms with Gasteiger partial charge in [0.25, 0.3) is 0 Å². The molecule has 2 saturated carbocycles. The largest absolute Gasteiger partial charge is 1.00 e. The molecule has 23 heavy (non-hydrogen) atoms. The first-order valence-electron chi connectivity index (χ1n) is 8.70. The molecular weight excluding hydrogens is 402 g/mol. The Morgan fingerprint density at radius 2 is 1.17 bits per heavy atom. The van der Waals surface area contributed by atoms with Gasteiger partial charge in [-0.2, -0.15) is 0 Å². The Morgan fingerprint density at radius 3 is 1.61 bits per heavy atom. The zero-order valence-corrected chi connectivity index (χ0v) is 18.0. The Bertz CT molecular complexity index is 498. The van der Waals surface area contributed by atoms with E-state index in [9.17, 15) is 0 Å². The van der Waals surface area contributed by atoms with Crippen LogP contribution in [0, 0.1) is 23.7 Å². The summed E-state index contributed by atoms with van der Waals surface area (Å²) in [6, 6.07) is 0. The third kappa shape index (κ3) is 3.68. The quantitative estimate of drug-likeness (QED) is 0.569. The van der Waals surface area contributed by atoms with E-state index in [2.05, 4.69) is 50.3 Å². The molecule has 4 aliphatic carbocycles. The summed E-state index contributed by atoms with van der Waals surface area (Å²) in [7, 11) is 0. The topological polar surface area (TPSA) is 0 Å². The fourth-order valence-electron chi connectivity index (χ4n) is 5.23. The summed E-state index contributed by atoms with van der Waals surface area (Å²) in [5.41, 5.74) is 3.31. The number of fused-ring (bicyclic) bond motifs is 2. The minimum atomic E-state index is -0.292. The van der Waals surface area contributed by atoms with Crippen LogP contribution in [0.25, 0.3) is 0 Å². The molecule has 2 fully saturated rings. The van der Waals surface area contributed by atoms with Crippen molar-refractivity contribution in [1.29, 1.82) is 0 Å². The molecular formula is C20H26Cl2Zr. The Hall–Kier alpha value is 0.423. The van der Waals surface area contributed by atoms with E-state index in [1.807, 2.05) is 0 Å². The Morgan fingerprint density at radius 1 is 0.739 bits per heavy atom. The molecule has 0 aromatic heterocycles. The number of rotatable bonds is 2. The van der Waals surface area contributed by atoms with E-state index in [0.29, 0.717) is 0 Å². The van der Waals surface area contributed by atoms with E-state index >= 15 is 0 Å². The van der Waals surface area contributed by atoms with Gasteiger partial charge in [-0.3, -0.25) is 0 Å². The third-order valence-electron chi connectivity index (χ3n) is 6.42. The molecule has 4 rings (SSSR count). The van der Waals surface area contributed by atoms with Gasteiger partial charge in [-0.25, -0.2) is 0 Å². The van der Waals surface area contributed by atoms with Gasteiger partial charge in [-0.05, 0) is 0 Å². The zero-order chi connectivity index (χ0) is 14.4. The molecule has 0 aromatic carbocycles. The first-order chi connectivity index (χ1) is 10.2. The molecule has 3 heteroatoms. The van der Waals surface area contributed by atoms with Crippen molar-refractivity contribution >= 4 is 0 Å². The molecule has 0 radical (unpaired) electrons. The normalized spacial score (nSPS) is 40.1. The van der Waals surface area contributed by atoms with E-state index in [0.717, 1.165) is 30.9 Å². The van der Waals surface area contributed by atoms with E-state index in [1.54, 1.807) is 11.1 Å². The second kappa shape index (κ2) is 8.20. The number of hydrogen-bond donors (Lipinski definition) is 0. The number of allylic oxidation sites excluding steroid dienone is 8. The average Bonchev–Trinajstić information content (AvgIpc) is 3.07. The molecule has 0 aromatic rings. The Balaban J connectivity index is 0.000000960. The monoisotopic (exact) mass is 426 g/mol. The van der Waals surface area contributed by atoms with Crippen LogP contribution in [0.15, 0.2) is 47.6 Å². The van der Waals surface area contributed by atoms with E-state index in [-0.39, 0.29) is 48.0 Å². The van der Waals surface area contributed by atoms with Crippen LogP contribution in [0.4, 0.5) is 0 Å². The van der Waals surface area contributed by atoms with Gasteiger partial charge in [-0.15, -0.1) is 0 Å². The van der Waals surface area contributed by atoms with Crippen LogP contribution in [0.2, 0.25) is 7.25 Å². The third-order valence-corrected chi connectivity index (χ3v) is 11.8. The minimum Gasteiger partial charge on any atom is -1.00 e. The molecule has 0 bridgehead atoms. The predicted molar refractivity (Wildman–Crippen MR) is 85.7 cm³/mol. The molecule has 0 amide bonds. The second-order valence-electron chi connectivity index (χ2n) is 7.49. The van der Waals surface area contributed by atoms with Gasteiger partial charge in [0, 0.05) is 0 Å². The molecule has 0 saturated heterocycles. The van der Waals surface area contributed by atoms with Crippen LogP contribution in [0.5, 0.6) is 0 Å². The molecule has 6 unspecified atom stereocenters. The van der Waals surface area contributed by atoms with Crippen molar-refractivity contribution in [3.05, 3.63) is 47.6 Å². The molecule has 124 valence electrons. The molecule has 0 nitrogen and oxygen atoms in total. The molecule has 0 spiro atoms. The van der Waals surface area contributed by atoms with Crippen LogP contribution in [0.3, 0.4) is 0 Å². The first kappa shape index (κ1) is 19.7. The van der Waals surface area contributed by atoms with Crippen LogP contribution < -0.4 is 24.8 Å². The van der Waals surface area contributed by atoms with Crippen LogP contribution in [-0.2, 0) is 23.2 Å². The molecule has 4 aliphatic rings. The summed E-state index contributed by atoms with van der Waals surface area (Å²) in [6.07, 6.45) is 20.5.